The molecule has 0 unspecified atom stereocenters. The van der Waals surface area contributed by atoms with Crippen LogP contribution in [0.15, 0.2) is 95.7 Å². The highest BCUT2D eigenvalue weighted by Crippen LogP contribution is 2.21. The van der Waals surface area contributed by atoms with Crippen molar-refractivity contribution in [2.24, 2.45) is 4.99 Å². The van der Waals surface area contributed by atoms with Gasteiger partial charge in [0.2, 0.25) is 5.90 Å². The minimum Gasteiger partial charge on any atom is -0.465 e. The van der Waals surface area contributed by atoms with Crippen molar-refractivity contribution >= 4 is 11.6 Å². The van der Waals surface area contributed by atoms with Crippen LogP contribution in [0.2, 0.25) is 0 Å². The van der Waals surface area contributed by atoms with Crippen molar-refractivity contribution in [3.8, 4) is 11.5 Å². The summed E-state index contributed by atoms with van der Waals surface area (Å²) in [5, 5.41) is 0. The second kappa shape index (κ2) is 9.56. The quantitative estimate of drug-likeness (QED) is 0.271. The van der Waals surface area contributed by atoms with Gasteiger partial charge in [-0.2, -0.15) is 0 Å². The van der Waals surface area contributed by atoms with E-state index >= 15 is 0 Å². The fourth-order valence-corrected chi connectivity index (χ4v) is 2.61. The summed E-state index contributed by atoms with van der Waals surface area (Å²) in [5.74, 6) is 2.07. The van der Waals surface area contributed by atoms with E-state index in [0.717, 1.165) is 34.7 Å². The molecule has 0 aromatic heterocycles. The van der Waals surface area contributed by atoms with E-state index in [9.17, 15) is 0 Å². The van der Waals surface area contributed by atoms with Gasteiger partial charge in [-0.1, -0.05) is 55.0 Å². The number of hydrogen-bond acceptors (Lipinski definition) is 3. The largest absolute Gasteiger partial charge is 0.465 e. The number of nitrogens with zero attached hydrogens (tertiary/aromatic N) is 1. The molecule has 3 aromatic carbocycles. The molecule has 0 radical (unpaired) electrons. The number of para-hydroxylation sites is 1. The number of hydrogen-bond donors (Lipinski definition) is 0. The van der Waals surface area contributed by atoms with E-state index < -0.39 is 0 Å². The summed E-state index contributed by atoms with van der Waals surface area (Å²) >= 11 is 0. The zero-order valence-electron chi connectivity index (χ0n) is 16.6. The Labute approximate surface area is 167 Å². The first kappa shape index (κ1) is 19.4. The summed E-state index contributed by atoms with van der Waals surface area (Å²) in [6.07, 6.45) is 2.45. The third kappa shape index (κ3) is 5.58. The van der Waals surface area contributed by atoms with E-state index in [4.69, 9.17) is 14.5 Å². The van der Waals surface area contributed by atoms with Gasteiger partial charge >= 0.3 is 0 Å². The molecule has 3 rings (SSSR count). The van der Waals surface area contributed by atoms with Gasteiger partial charge in [-0.05, 0) is 62.2 Å². The van der Waals surface area contributed by atoms with E-state index in [-0.39, 0.29) is 0 Å². The van der Waals surface area contributed by atoms with E-state index in [1.54, 1.807) is 6.26 Å². The lowest BCUT2D eigenvalue weighted by molar-refractivity contribution is 0.471. The number of ether oxygens (including phenoxy) is 2. The van der Waals surface area contributed by atoms with Gasteiger partial charge < -0.3 is 9.47 Å². The first-order valence-corrected chi connectivity index (χ1v) is 9.45. The minimum atomic E-state index is 0.535. The van der Waals surface area contributed by atoms with Crippen LogP contribution in [0.3, 0.4) is 0 Å². The SMILES string of the molecule is CC/C(=C\Oc1ccccc1)C(=Nc1ccc(C)cc1)Oc1cccc(C)c1. The molecular weight excluding hydrogens is 346 g/mol. The molecular formula is C25H25NO2. The van der Waals surface area contributed by atoms with Crippen molar-refractivity contribution in [2.45, 2.75) is 27.2 Å². The molecule has 28 heavy (non-hydrogen) atoms. The lowest BCUT2D eigenvalue weighted by atomic mass is 10.2. The third-order valence-corrected chi connectivity index (χ3v) is 4.20. The minimum absolute atomic E-state index is 0.535. The maximum atomic E-state index is 6.17. The molecule has 0 bridgehead atoms. The summed E-state index contributed by atoms with van der Waals surface area (Å²) in [5.41, 5.74) is 4.05. The van der Waals surface area contributed by atoms with Gasteiger partial charge in [-0.3, -0.25) is 0 Å². The van der Waals surface area contributed by atoms with Crippen LogP contribution in [0, 0.1) is 13.8 Å². The molecule has 0 aliphatic carbocycles. The van der Waals surface area contributed by atoms with E-state index in [0.29, 0.717) is 5.90 Å². The molecule has 0 saturated heterocycles. The Morgan fingerprint density at radius 1 is 0.821 bits per heavy atom. The molecule has 0 N–H and O–H groups in total. The molecule has 0 aliphatic heterocycles. The summed E-state index contributed by atoms with van der Waals surface area (Å²) in [6, 6.07) is 25.7. The Balaban J connectivity index is 1.94. The van der Waals surface area contributed by atoms with Crippen LogP contribution in [0.25, 0.3) is 0 Å². The van der Waals surface area contributed by atoms with E-state index in [2.05, 4.69) is 13.8 Å². The summed E-state index contributed by atoms with van der Waals surface area (Å²) in [4.78, 5) is 4.75. The van der Waals surface area contributed by atoms with E-state index in [1.807, 2.05) is 85.8 Å². The molecule has 0 aliphatic rings. The highest BCUT2D eigenvalue weighted by atomic mass is 16.5. The molecule has 142 valence electrons. The summed E-state index contributed by atoms with van der Waals surface area (Å²) in [6.45, 7) is 6.16. The van der Waals surface area contributed by atoms with Gasteiger partial charge in [-0.15, -0.1) is 0 Å². The fourth-order valence-electron chi connectivity index (χ4n) is 2.61. The lowest BCUT2D eigenvalue weighted by Crippen LogP contribution is -2.12. The van der Waals surface area contributed by atoms with Gasteiger partial charge in [0.05, 0.1) is 11.9 Å². The predicted octanol–water partition coefficient (Wildman–Crippen LogP) is 6.79. The first-order chi connectivity index (χ1) is 13.6. The highest BCUT2D eigenvalue weighted by Gasteiger charge is 2.11. The topological polar surface area (TPSA) is 30.8 Å². The van der Waals surface area contributed by atoms with Gasteiger partial charge in [0.15, 0.2) is 0 Å². The van der Waals surface area contributed by atoms with Crippen molar-refractivity contribution in [3.63, 3.8) is 0 Å². The Kier molecular flexibility index (Phi) is 6.64. The maximum absolute atomic E-state index is 6.17. The van der Waals surface area contributed by atoms with Gasteiger partial charge in [0.25, 0.3) is 0 Å². The Morgan fingerprint density at radius 2 is 1.54 bits per heavy atom. The smallest absolute Gasteiger partial charge is 0.226 e. The van der Waals surface area contributed by atoms with Crippen molar-refractivity contribution in [3.05, 3.63) is 102 Å². The number of aliphatic imine (C=N–C) groups is 1. The summed E-state index contributed by atoms with van der Waals surface area (Å²) in [7, 11) is 0. The molecule has 3 aromatic rings. The van der Waals surface area contributed by atoms with Crippen molar-refractivity contribution < 1.29 is 9.47 Å². The molecule has 3 heteroatoms. The van der Waals surface area contributed by atoms with E-state index in [1.165, 1.54) is 5.56 Å². The first-order valence-electron chi connectivity index (χ1n) is 9.45. The Hall–Kier alpha value is -3.33. The van der Waals surface area contributed by atoms with Crippen molar-refractivity contribution in [1.82, 2.24) is 0 Å². The second-order valence-corrected chi connectivity index (χ2v) is 6.60. The van der Waals surface area contributed by atoms with Gasteiger partial charge in [0.1, 0.15) is 11.5 Å². The molecule has 3 nitrogen and oxygen atoms in total. The van der Waals surface area contributed by atoms with Crippen LogP contribution in [-0.2, 0) is 0 Å². The van der Waals surface area contributed by atoms with Crippen LogP contribution in [-0.4, -0.2) is 5.90 Å². The van der Waals surface area contributed by atoms with Crippen molar-refractivity contribution in [2.75, 3.05) is 0 Å². The van der Waals surface area contributed by atoms with Crippen molar-refractivity contribution in [1.29, 1.82) is 0 Å². The third-order valence-electron chi connectivity index (χ3n) is 4.20. The highest BCUT2D eigenvalue weighted by molar-refractivity contribution is 5.96. The average molecular weight is 371 g/mol. The van der Waals surface area contributed by atoms with Crippen LogP contribution in [0.1, 0.15) is 24.5 Å². The van der Waals surface area contributed by atoms with Crippen LogP contribution < -0.4 is 9.47 Å². The second-order valence-electron chi connectivity index (χ2n) is 6.60. The number of benzene rings is 3. The van der Waals surface area contributed by atoms with Gasteiger partial charge in [0, 0.05) is 5.57 Å². The maximum Gasteiger partial charge on any atom is 0.226 e. The molecule has 0 heterocycles. The van der Waals surface area contributed by atoms with Gasteiger partial charge in [-0.25, -0.2) is 4.99 Å². The number of rotatable bonds is 6. The van der Waals surface area contributed by atoms with Crippen LogP contribution in [0.4, 0.5) is 5.69 Å². The molecule has 0 amide bonds. The zero-order chi connectivity index (χ0) is 19.8. The van der Waals surface area contributed by atoms with Crippen LogP contribution >= 0.6 is 0 Å². The Morgan fingerprint density at radius 3 is 2.21 bits per heavy atom. The standard InChI is InChI=1S/C25H25NO2/c1-4-21(18-27-23-10-6-5-7-11-23)25(26-22-15-13-19(2)14-16-22)28-24-12-8-9-20(3)17-24/h5-18H,4H2,1-3H3/b21-18+,26-25?. The average Bonchev–Trinajstić information content (AvgIpc) is 2.71. The predicted molar refractivity (Wildman–Crippen MR) is 116 cm³/mol. The lowest BCUT2D eigenvalue weighted by Gasteiger charge is -2.12. The number of aryl methyl sites for hydroxylation is 2. The zero-order valence-corrected chi connectivity index (χ0v) is 16.6. The molecule has 0 saturated carbocycles. The van der Waals surface area contributed by atoms with Crippen LogP contribution in [0.5, 0.6) is 11.5 Å². The Bertz CT molecular complexity index is 957. The molecule has 0 fully saturated rings. The molecule has 0 atom stereocenters. The fraction of sp³-hybridized carbons (Fsp3) is 0.160. The molecule has 0 spiro atoms. The normalized spacial score (nSPS) is 12.0. The summed E-state index contributed by atoms with van der Waals surface area (Å²) < 4.78 is 12.0. The monoisotopic (exact) mass is 371 g/mol.